The number of hydrogen-bond acceptors (Lipinski definition) is 1. The zero-order valence-electron chi connectivity index (χ0n) is 8.60. The molecule has 3 atom stereocenters. The fourth-order valence-electron chi connectivity index (χ4n) is 2.84. The fraction of sp³-hybridized carbons (Fsp3) is 0.357. The van der Waals surface area contributed by atoms with Crippen molar-refractivity contribution in [1.29, 1.82) is 0 Å². The van der Waals surface area contributed by atoms with Crippen molar-refractivity contribution in [2.24, 2.45) is 17.8 Å². The summed E-state index contributed by atoms with van der Waals surface area (Å²) in [6.07, 6.45) is 6.30. The van der Waals surface area contributed by atoms with E-state index in [4.69, 9.17) is 0 Å². The summed E-state index contributed by atoms with van der Waals surface area (Å²) >= 11 is 0. The van der Waals surface area contributed by atoms with E-state index in [1.807, 2.05) is 18.2 Å². The Balaban J connectivity index is 1.75. The molecule has 2 aliphatic rings. The van der Waals surface area contributed by atoms with Crippen molar-refractivity contribution in [3.8, 4) is 0 Å². The highest BCUT2D eigenvalue weighted by molar-refractivity contribution is 5.91. The van der Waals surface area contributed by atoms with Gasteiger partial charge in [-0.15, -0.1) is 0 Å². The Morgan fingerprint density at radius 3 is 2.80 bits per heavy atom. The molecular weight excluding hydrogens is 184 g/mol. The number of carbonyl (C=O) groups excluding carboxylic acids is 1. The lowest BCUT2D eigenvalue weighted by Crippen LogP contribution is -2.45. The Labute approximate surface area is 89.8 Å². The normalized spacial score (nSPS) is 32.5. The Bertz CT molecular complexity index is 405. The van der Waals surface area contributed by atoms with Gasteiger partial charge in [-0.05, 0) is 24.3 Å². The van der Waals surface area contributed by atoms with E-state index in [0.717, 1.165) is 12.8 Å². The van der Waals surface area contributed by atoms with Crippen LogP contribution in [-0.2, 0) is 11.2 Å². The van der Waals surface area contributed by atoms with E-state index in [9.17, 15) is 4.79 Å². The highest BCUT2D eigenvalue weighted by atomic mass is 16.1. The summed E-state index contributed by atoms with van der Waals surface area (Å²) in [5, 5.41) is 0. The number of allylic oxidation sites excluding steroid dienone is 2. The van der Waals surface area contributed by atoms with Crippen LogP contribution in [0.15, 0.2) is 42.5 Å². The van der Waals surface area contributed by atoms with Crippen LogP contribution in [0.3, 0.4) is 0 Å². The van der Waals surface area contributed by atoms with E-state index < -0.39 is 0 Å². The Hall–Kier alpha value is -1.37. The van der Waals surface area contributed by atoms with Gasteiger partial charge in [0, 0.05) is 11.8 Å². The molecule has 0 bridgehead atoms. The van der Waals surface area contributed by atoms with Gasteiger partial charge in [0.2, 0.25) is 0 Å². The molecule has 1 aromatic carbocycles. The van der Waals surface area contributed by atoms with Gasteiger partial charge in [0.05, 0.1) is 0 Å². The summed E-state index contributed by atoms with van der Waals surface area (Å²) in [5.41, 5.74) is 1.29. The first kappa shape index (κ1) is 8.90. The van der Waals surface area contributed by atoms with Gasteiger partial charge in [-0.25, -0.2) is 0 Å². The third-order valence-electron chi connectivity index (χ3n) is 3.71. The number of rotatable bonds is 2. The molecule has 0 saturated heterocycles. The number of Topliss-reactive ketones (excluding diaryl/α,β-unsaturated/α-hetero) is 1. The molecule has 1 aromatic rings. The van der Waals surface area contributed by atoms with Gasteiger partial charge < -0.3 is 0 Å². The highest BCUT2D eigenvalue weighted by Crippen LogP contribution is 2.45. The zero-order valence-corrected chi connectivity index (χ0v) is 8.60. The van der Waals surface area contributed by atoms with Gasteiger partial charge >= 0.3 is 0 Å². The summed E-state index contributed by atoms with van der Waals surface area (Å²) in [5.74, 6) is 1.61. The zero-order chi connectivity index (χ0) is 10.3. The Kier molecular flexibility index (Phi) is 1.98. The molecule has 0 aliphatic heterocycles. The topological polar surface area (TPSA) is 17.1 Å². The summed E-state index contributed by atoms with van der Waals surface area (Å²) in [7, 11) is 0. The fourth-order valence-corrected chi connectivity index (χ4v) is 2.84. The van der Waals surface area contributed by atoms with Crippen LogP contribution < -0.4 is 0 Å². The minimum absolute atomic E-state index is 0.260. The lowest BCUT2D eigenvalue weighted by molar-refractivity contribution is -0.139. The second-order valence-electron chi connectivity index (χ2n) is 4.55. The molecule has 0 N–H and O–H groups in total. The predicted octanol–water partition coefficient (Wildman–Crippen LogP) is 2.62. The number of ketones is 1. The van der Waals surface area contributed by atoms with Crippen LogP contribution in [0, 0.1) is 17.8 Å². The maximum Gasteiger partial charge on any atom is 0.140 e. The van der Waals surface area contributed by atoms with E-state index in [-0.39, 0.29) is 5.92 Å². The van der Waals surface area contributed by atoms with Crippen LogP contribution in [0.1, 0.15) is 12.0 Å². The predicted molar refractivity (Wildman–Crippen MR) is 59.4 cm³/mol. The molecule has 0 aromatic heterocycles. The molecule has 0 amide bonds. The molecule has 76 valence electrons. The molecule has 3 rings (SSSR count). The average molecular weight is 198 g/mol. The summed E-state index contributed by atoms with van der Waals surface area (Å²) in [4.78, 5) is 11.8. The second kappa shape index (κ2) is 3.34. The number of hydrogen-bond donors (Lipinski definition) is 0. The molecule has 1 fully saturated rings. The summed E-state index contributed by atoms with van der Waals surface area (Å²) in [6, 6.07) is 10.3. The average Bonchev–Trinajstić information content (AvgIpc) is 2.72. The van der Waals surface area contributed by atoms with Crippen molar-refractivity contribution >= 4 is 5.78 Å². The van der Waals surface area contributed by atoms with Crippen LogP contribution in [-0.4, -0.2) is 5.78 Å². The van der Waals surface area contributed by atoms with Crippen LogP contribution >= 0.6 is 0 Å². The van der Waals surface area contributed by atoms with E-state index in [1.165, 1.54) is 5.56 Å². The first-order valence-corrected chi connectivity index (χ1v) is 5.60. The first-order valence-electron chi connectivity index (χ1n) is 5.60. The number of carbonyl (C=O) groups is 1. The molecule has 0 unspecified atom stereocenters. The molecule has 0 radical (unpaired) electrons. The van der Waals surface area contributed by atoms with Gasteiger partial charge in [0.1, 0.15) is 5.78 Å². The quantitative estimate of drug-likeness (QED) is 0.668. The molecule has 0 heterocycles. The van der Waals surface area contributed by atoms with Crippen molar-refractivity contribution in [2.45, 2.75) is 12.8 Å². The van der Waals surface area contributed by atoms with E-state index in [0.29, 0.717) is 17.6 Å². The van der Waals surface area contributed by atoms with Crippen LogP contribution in [0.25, 0.3) is 0 Å². The molecular formula is C14H14O. The van der Waals surface area contributed by atoms with Crippen molar-refractivity contribution in [2.75, 3.05) is 0 Å². The van der Waals surface area contributed by atoms with E-state index in [2.05, 4.69) is 24.3 Å². The number of fused-ring (bicyclic) bond motifs is 1. The van der Waals surface area contributed by atoms with Crippen molar-refractivity contribution in [3.63, 3.8) is 0 Å². The highest BCUT2D eigenvalue weighted by Gasteiger charge is 2.48. The van der Waals surface area contributed by atoms with E-state index >= 15 is 0 Å². The van der Waals surface area contributed by atoms with Gasteiger partial charge in [0.25, 0.3) is 0 Å². The molecule has 1 saturated carbocycles. The van der Waals surface area contributed by atoms with Crippen molar-refractivity contribution in [1.82, 2.24) is 0 Å². The van der Waals surface area contributed by atoms with Gasteiger partial charge in [-0.1, -0.05) is 42.5 Å². The van der Waals surface area contributed by atoms with Gasteiger partial charge in [-0.2, -0.15) is 0 Å². The maximum absolute atomic E-state index is 11.8. The maximum atomic E-state index is 11.8. The van der Waals surface area contributed by atoms with Crippen LogP contribution in [0.2, 0.25) is 0 Å². The minimum Gasteiger partial charge on any atom is -0.299 e. The molecule has 1 heteroatoms. The minimum atomic E-state index is 0.260. The standard InChI is InChI=1S/C14H14O/c15-14-12-8-4-7-11(12)13(14)9-10-5-2-1-3-6-10/h1-7,11-13H,8-9H2/t11-,12+,13-/m0/s1. The van der Waals surface area contributed by atoms with Crippen molar-refractivity contribution in [3.05, 3.63) is 48.0 Å². The Morgan fingerprint density at radius 2 is 2.00 bits per heavy atom. The lowest BCUT2D eigenvalue weighted by Gasteiger charge is -2.38. The van der Waals surface area contributed by atoms with Crippen molar-refractivity contribution < 1.29 is 4.79 Å². The van der Waals surface area contributed by atoms with Crippen LogP contribution in [0.4, 0.5) is 0 Å². The molecule has 0 spiro atoms. The summed E-state index contributed by atoms with van der Waals surface area (Å²) < 4.78 is 0. The Morgan fingerprint density at radius 1 is 1.20 bits per heavy atom. The van der Waals surface area contributed by atoms with Gasteiger partial charge in [0.15, 0.2) is 0 Å². The number of benzene rings is 1. The third-order valence-corrected chi connectivity index (χ3v) is 3.71. The van der Waals surface area contributed by atoms with Gasteiger partial charge in [-0.3, -0.25) is 4.79 Å². The van der Waals surface area contributed by atoms with E-state index in [1.54, 1.807) is 0 Å². The lowest BCUT2D eigenvalue weighted by atomic mass is 9.63. The largest absolute Gasteiger partial charge is 0.299 e. The molecule has 1 nitrogen and oxygen atoms in total. The van der Waals surface area contributed by atoms with Crippen LogP contribution in [0.5, 0.6) is 0 Å². The monoisotopic (exact) mass is 198 g/mol. The second-order valence-corrected chi connectivity index (χ2v) is 4.55. The molecule has 2 aliphatic carbocycles. The smallest absolute Gasteiger partial charge is 0.140 e. The SMILES string of the molecule is O=C1[C@@H](Cc2ccccc2)[C@H]2C=CC[C@@H]12. The molecule has 15 heavy (non-hydrogen) atoms. The third kappa shape index (κ3) is 1.34. The first-order chi connectivity index (χ1) is 7.36. The summed E-state index contributed by atoms with van der Waals surface area (Å²) in [6.45, 7) is 0.